The van der Waals surface area contributed by atoms with E-state index in [1.54, 1.807) is 73.7 Å². The molecule has 0 radical (unpaired) electrons. The second-order valence-electron chi connectivity index (χ2n) is 8.46. The third-order valence-corrected chi connectivity index (χ3v) is 5.77. The summed E-state index contributed by atoms with van der Waals surface area (Å²) in [6, 6.07) is 19.8. The topological polar surface area (TPSA) is 147 Å². The fourth-order valence-corrected chi connectivity index (χ4v) is 3.71. The van der Waals surface area contributed by atoms with Crippen LogP contribution in [0.25, 0.3) is 0 Å². The minimum atomic E-state index is -0.571. The largest absolute Gasteiger partial charge is 0.493 e. The Morgan fingerprint density at radius 1 is 1.00 bits per heavy atom. The molecule has 1 amide bonds. The van der Waals surface area contributed by atoms with Gasteiger partial charge in [-0.3, -0.25) is 4.79 Å². The van der Waals surface area contributed by atoms with Gasteiger partial charge in [0, 0.05) is 11.1 Å². The number of nitro groups is 1. The van der Waals surface area contributed by atoms with Crippen LogP contribution < -0.4 is 19.6 Å². The normalized spacial score (nSPS) is 10.8. The van der Waals surface area contributed by atoms with E-state index in [2.05, 4.69) is 15.6 Å². The van der Waals surface area contributed by atoms with E-state index in [9.17, 15) is 19.7 Å². The van der Waals surface area contributed by atoms with Gasteiger partial charge in [0.15, 0.2) is 11.5 Å². The Morgan fingerprint density at radius 3 is 2.23 bits per heavy atom. The zero-order valence-corrected chi connectivity index (χ0v) is 21.9. The Bertz CT molecular complexity index is 1540. The van der Waals surface area contributed by atoms with E-state index < -0.39 is 16.8 Å². The standard InChI is InChI=1S/C28H25N5O7/c1-18-13-25(33(36)37)31-32(18)17-19-9-11-21(12-10-19)27(34)30-29-16-20-14-23(38-2)26(24(15-20)39-3)40-28(35)22-7-5-4-6-8-22/h4-16H,17H2,1-3H3,(H,30,34). The van der Waals surface area contributed by atoms with Crippen LogP contribution in [0, 0.1) is 17.0 Å². The highest BCUT2D eigenvalue weighted by molar-refractivity contribution is 5.95. The lowest BCUT2D eigenvalue weighted by Gasteiger charge is -2.14. The molecule has 0 unspecified atom stereocenters. The van der Waals surface area contributed by atoms with Gasteiger partial charge in [0.1, 0.15) is 0 Å². The summed E-state index contributed by atoms with van der Waals surface area (Å²) in [5.74, 6) is -0.641. The highest BCUT2D eigenvalue weighted by Gasteiger charge is 2.19. The van der Waals surface area contributed by atoms with Crippen LogP contribution in [0.3, 0.4) is 0 Å². The highest BCUT2D eigenvalue weighted by Crippen LogP contribution is 2.38. The molecule has 4 rings (SSSR count). The SMILES string of the molecule is COc1cc(C=NNC(=O)c2ccc(Cn3nc([N+](=O)[O-])cc3C)cc2)cc(OC)c1OC(=O)c1ccccc1. The smallest absolute Gasteiger partial charge is 0.390 e. The summed E-state index contributed by atoms with van der Waals surface area (Å²) in [5, 5.41) is 18.9. The number of methoxy groups -OCH3 is 2. The van der Waals surface area contributed by atoms with E-state index in [-0.39, 0.29) is 23.1 Å². The molecular formula is C28H25N5O7. The molecule has 0 fully saturated rings. The minimum absolute atomic E-state index is 0.111. The lowest BCUT2D eigenvalue weighted by atomic mass is 10.1. The van der Waals surface area contributed by atoms with E-state index in [1.807, 2.05) is 0 Å². The summed E-state index contributed by atoms with van der Waals surface area (Å²) in [4.78, 5) is 35.5. The van der Waals surface area contributed by atoms with Crippen molar-refractivity contribution in [2.24, 2.45) is 5.10 Å². The molecule has 1 heterocycles. The van der Waals surface area contributed by atoms with Crippen molar-refractivity contribution >= 4 is 23.9 Å². The van der Waals surface area contributed by atoms with Crippen LogP contribution in [0.4, 0.5) is 5.82 Å². The summed E-state index contributed by atoms with van der Waals surface area (Å²) >= 11 is 0. The summed E-state index contributed by atoms with van der Waals surface area (Å²) in [7, 11) is 2.85. The molecule has 0 bridgehead atoms. The average molecular weight is 544 g/mol. The summed E-state index contributed by atoms with van der Waals surface area (Å²) in [6.45, 7) is 2.05. The van der Waals surface area contributed by atoms with Crippen molar-refractivity contribution in [3.8, 4) is 17.2 Å². The van der Waals surface area contributed by atoms with Gasteiger partial charge in [0.25, 0.3) is 5.91 Å². The molecule has 0 aliphatic rings. The van der Waals surface area contributed by atoms with Crippen LogP contribution in [-0.4, -0.2) is 47.0 Å². The number of hydrogen-bond acceptors (Lipinski definition) is 9. The number of aromatic nitrogens is 2. The van der Waals surface area contributed by atoms with Gasteiger partial charge in [-0.05, 0) is 53.8 Å². The maximum atomic E-state index is 12.6. The van der Waals surface area contributed by atoms with E-state index in [0.717, 1.165) is 5.56 Å². The summed E-state index contributed by atoms with van der Waals surface area (Å²) in [5.41, 5.74) is 5.17. The fourth-order valence-electron chi connectivity index (χ4n) is 3.71. The van der Waals surface area contributed by atoms with Crippen molar-refractivity contribution in [3.63, 3.8) is 0 Å². The average Bonchev–Trinajstić information content (AvgIpc) is 3.34. The molecule has 0 spiro atoms. The minimum Gasteiger partial charge on any atom is -0.493 e. The first-order valence-corrected chi connectivity index (χ1v) is 11.9. The van der Waals surface area contributed by atoms with Crippen LogP contribution >= 0.6 is 0 Å². The molecule has 12 nitrogen and oxygen atoms in total. The third kappa shape index (κ3) is 6.48. The number of amides is 1. The first kappa shape index (κ1) is 27.5. The molecule has 0 aliphatic heterocycles. The van der Waals surface area contributed by atoms with Crippen LogP contribution in [0.1, 0.15) is 37.5 Å². The first-order chi connectivity index (χ1) is 19.3. The van der Waals surface area contributed by atoms with Crippen LogP contribution in [0.2, 0.25) is 0 Å². The molecule has 204 valence electrons. The predicted molar refractivity (Wildman–Crippen MR) is 145 cm³/mol. The number of benzene rings is 3. The van der Waals surface area contributed by atoms with Crippen molar-refractivity contribution in [2.75, 3.05) is 14.2 Å². The van der Waals surface area contributed by atoms with Crippen molar-refractivity contribution in [3.05, 3.63) is 111 Å². The molecule has 4 aromatic rings. The van der Waals surface area contributed by atoms with Crippen molar-refractivity contribution < 1.29 is 28.7 Å². The molecular weight excluding hydrogens is 518 g/mol. The Morgan fingerprint density at radius 2 is 1.65 bits per heavy atom. The van der Waals surface area contributed by atoms with Gasteiger partial charge >= 0.3 is 11.8 Å². The number of nitrogens with one attached hydrogen (secondary N) is 1. The quantitative estimate of drug-likeness (QED) is 0.103. The number of nitrogens with zero attached hydrogens (tertiary/aromatic N) is 4. The number of esters is 1. The van der Waals surface area contributed by atoms with Crippen molar-refractivity contribution in [1.29, 1.82) is 0 Å². The van der Waals surface area contributed by atoms with Gasteiger partial charge in [-0.15, -0.1) is 0 Å². The summed E-state index contributed by atoms with van der Waals surface area (Å²) < 4.78 is 17.8. The number of hydrazone groups is 1. The van der Waals surface area contributed by atoms with E-state index in [4.69, 9.17) is 14.2 Å². The zero-order chi connectivity index (χ0) is 28.6. The van der Waals surface area contributed by atoms with Crippen molar-refractivity contribution in [1.82, 2.24) is 15.2 Å². The predicted octanol–water partition coefficient (Wildman–Crippen LogP) is 4.15. The lowest BCUT2D eigenvalue weighted by Crippen LogP contribution is -2.17. The van der Waals surface area contributed by atoms with Gasteiger partial charge in [-0.2, -0.15) is 9.78 Å². The number of carbonyl (C=O) groups is 2. The molecule has 0 atom stereocenters. The fraction of sp³-hybridized carbons (Fsp3) is 0.143. The van der Waals surface area contributed by atoms with Gasteiger partial charge in [0.2, 0.25) is 5.75 Å². The first-order valence-electron chi connectivity index (χ1n) is 11.9. The third-order valence-electron chi connectivity index (χ3n) is 5.77. The van der Waals surface area contributed by atoms with Crippen LogP contribution in [0.5, 0.6) is 17.2 Å². The van der Waals surface area contributed by atoms with Gasteiger partial charge in [-0.1, -0.05) is 30.3 Å². The Labute approximate surface area is 228 Å². The molecule has 40 heavy (non-hydrogen) atoms. The Hall–Kier alpha value is -5.52. The number of rotatable bonds is 10. The van der Waals surface area contributed by atoms with E-state index in [0.29, 0.717) is 28.9 Å². The van der Waals surface area contributed by atoms with Gasteiger partial charge < -0.3 is 24.3 Å². The molecule has 1 N–H and O–H groups in total. The summed E-state index contributed by atoms with van der Waals surface area (Å²) in [6.07, 6.45) is 1.40. The second kappa shape index (κ2) is 12.3. The maximum Gasteiger partial charge on any atom is 0.390 e. The molecule has 3 aromatic carbocycles. The monoisotopic (exact) mass is 543 g/mol. The maximum absolute atomic E-state index is 12.6. The van der Waals surface area contributed by atoms with Gasteiger partial charge in [0.05, 0.1) is 49.4 Å². The van der Waals surface area contributed by atoms with E-state index in [1.165, 1.54) is 31.2 Å². The van der Waals surface area contributed by atoms with E-state index >= 15 is 0 Å². The highest BCUT2D eigenvalue weighted by atomic mass is 16.6. The Balaban J connectivity index is 1.41. The molecule has 0 saturated carbocycles. The van der Waals surface area contributed by atoms with Crippen molar-refractivity contribution in [2.45, 2.75) is 13.5 Å². The number of carbonyl (C=O) groups excluding carboxylic acids is 2. The zero-order valence-electron chi connectivity index (χ0n) is 21.9. The van der Waals surface area contributed by atoms with Crippen LogP contribution in [-0.2, 0) is 6.54 Å². The lowest BCUT2D eigenvalue weighted by molar-refractivity contribution is -0.389. The molecule has 0 saturated heterocycles. The second-order valence-corrected chi connectivity index (χ2v) is 8.46. The molecule has 1 aromatic heterocycles. The number of ether oxygens (including phenoxy) is 3. The van der Waals surface area contributed by atoms with Crippen LogP contribution in [0.15, 0.2) is 77.9 Å². The number of aryl methyl sites for hydroxylation is 1. The molecule has 12 heteroatoms. The van der Waals surface area contributed by atoms with Gasteiger partial charge in [-0.25, -0.2) is 10.2 Å². The molecule has 0 aliphatic carbocycles. The Kier molecular flexibility index (Phi) is 8.49. The number of hydrogen-bond donors (Lipinski definition) is 1.